The van der Waals surface area contributed by atoms with Crippen LogP contribution in [0, 0.1) is 13.8 Å². The minimum Gasteiger partial charge on any atom is -0.486 e. The average molecular weight is 373 g/mol. The summed E-state index contributed by atoms with van der Waals surface area (Å²) in [4.78, 5) is 0.396. The first-order valence-corrected chi connectivity index (χ1v) is 10.4. The van der Waals surface area contributed by atoms with Crippen molar-refractivity contribution in [3.8, 4) is 11.5 Å². The number of rotatable bonds is 3. The van der Waals surface area contributed by atoms with Gasteiger partial charge in [0.2, 0.25) is 10.0 Å². The van der Waals surface area contributed by atoms with Crippen molar-refractivity contribution in [1.29, 1.82) is 0 Å². The van der Waals surface area contributed by atoms with Gasteiger partial charge in [-0.2, -0.15) is 4.31 Å². The Labute approximate surface area is 154 Å². The van der Waals surface area contributed by atoms with Gasteiger partial charge in [0.25, 0.3) is 0 Å². The minimum atomic E-state index is -3.54. The van der Waals surface area contributed by atoms with Crippen LogP contribution < -0.4 is 9.47 Å². The number of ether oxygens (including phenoxy) is 2. The molecular weight excluding hydrogens is 350 g/mol. The van der Waals surface area contributed by atoms with E-state index in [1.54, 1.807) is 10.4 Å². The zero-order valence-corrected chi connectivity index (χ0v) is 15.9. The van der Waals surface area contributed by atoms with E-state index in [-0.39, 0.29) is 6.04 Å². The summed E-state index contributed by atoms with van der Waals surface area (Å²) in [6, 6.07) is 11.1. The highest BCUT2D eigenvalue weighted by atomic mass is 32.2. The number of fused-ring (bicyclic) bond motifs is 1. The summed E-state index contributed by atoms with van der Waals surface area (Å²) in [5.74, 6) is 1.42. The molecule has 0 spiro atoms. The third-order valence-electron chi connectivity index (χ3n) is 5.07. The third-order valence-corrected chi connectivity index (χ3v) is 7.14. The fourth-order valence-electron chi connectivity index (χ4n) is 3.84. The fourth-order valence-corrected chi connectivity index (χ4v) is 5.73. The van der Waals surface area contributed by atoms with Gasteiger partial charge in [0.15, 0.2) is 11.5 Å². The monoisotopic (exact) mass is 373 g/mol. The van der Waals surface area contributed by atoms with E-state index in [9.17, 15) is 8.42 Å². The minimum absolute atomic E-state index is 0.170. The highest BCUT2D eigenvalue weighted by Crippen LogP contribution is 2.40. The van der Waals surface area contributed by atoms with Crippen LogP contribution in [0.25, 0.3) is 0 Å². The summed E-state index contributed by atoms with van der Waals surface area (Å²) in [5.41, 5.74) is 2.81. The lowest BCUT2D eigenvalue weighted by Gasteiger charge is -2.26. The fraction of sp³-hybridized carbons (Fsp3) is 0.400. The largest absolute Gasteiger partial charge is 0.486 e. The molecule has 5 nitrogen and oxygen atoms in total. The topological polar surface area (TPSA) is 55.8 Å². The Morgan fingerprint density at radius 2 is 1.77 bits per heavy atom. The van der Waals surface area contributed by atoms with Gasteiger partial charge in [0.05, 0.1) is 10.9 Å². The molecule has 6 heteroatoms. The molecule has 2 aliphatic heterocycles. The number of nitrogens with zero attached hydrogens (tertiary/aromatic N) is 1. The summed E-state index contributed by atoms with van der Waals surface area (Å²) in [7, 11) is -3.54. The summed E-state index contributed by atoms with van der Waals surface area (Å²) in [6.45, 7) is 5.43. The Morgan fingerprint density at radius 3 is 2.54 bits per heavy atom. The number of aryl methyl sites for hydroxylation is 2. The number of benzene rings is 2. The molecule has 26 heavy (non-hydrogen) atoms. The lowest BCUT2D eigenvalue weighted by molar-refractivity contribution is 0.171. The van der Waals surface area contributed by atoms with Gasteiger partial charge in [0, 0.05) is 6.54 Å². The lowest BCUT2D eigenvalue weighted by Crippen LogP contribution is -2.31. The zero-order valence-electron chi connectivity index (χ0n) is 15.1. The Morgan fingerprint density at radius 1 is 1.00 bits per heavy atom. The van der Waals surface area contributed by atoms with Crippen molar-refractivity contribution >= 4 is 10.0 Å². The van der Waals surface area contributed by atoms with E-state index in [0.29, 0.717) is 30.4 Å². The van der Waals surface area contributed by atoms with E-state index in [1.165, 1.54) is 0 Å². The van der Waals surface area contributed by atoms with E-state index in [2.05, 4.69) is 0 Å². The van der Waals surface area contributed by atoms with E-state index in [0.717, 1.165) is 35.3 Å². The van der Waals surface area contributed by atoms with Gasteiger partial charge in [-0.15, -0.1) is 0 Å². The first kappa shape index (κ1) is 17.4. The molecule has 0 N–H and O–H groups in total. The van der Waals surface area contributed by atoms with Crippen molar-refractivity contribution in [2.24, 2.45) is 0 Å². The van der Waals surface area contributed by atoms with Crippen molar-refractivity contribution < 1.29 is 17.9 Å². The van der Waals surface area contributed by atoms with E-state index in [1.807, 2.05) is 44.2 Å². The maximum absolute atomic E-state index is 13.3. The molecule has 0 aliphatic carbocycles. The van der Waals surface area contributed by atoms with Gasteiger partial charge in [-0.05, 0) is 56.0 Å². The van der Waals surface area contributed by atoms with Gasteiger partial charge in [0.1, 0.15) is 13.2 Å². The molecule has 0 unspecified atom stereocenters. The second kappa shape index (κ2) is 6.59. The summed E-state index contributed by atoms with van der Waals surface area (Å²) in [5, 5.41) is 0. The second-order valence-corrected chi connectivity index (χ2v) is 8.80. The molecule has 0 amide bonds. The van der Waals surface area contributed by atoms with E-state index in [4.69, 9.17) is 9.47 Å². The molecular formula is C20H23NO4S. The van der Waals surface area contributed by atoms with Gasteiger partial charge >= 0.3 is 0 Å². The lowest BCUT2D eigenvalue weighted by atomic mass is 10.0. The maximum Gasteiger partial charge on any atom is 0.243 e. The first-order valence-electron chi connectivity index (χ1n) is 8.95. The van der Waals surface area contributed by atoms with Crippen LogP contribution in [0.2, 0.25) is 0 Å². The molecule has 0 bridgehead atoms. The van der Waals surface area contributed by atoms with Gasteiger partial charge in [-0.1, -0.05) is 23.8 Å². The molecule has 2 aliphatic rings. The molecule has 4 rings (SSSR count). The van der Waals surface area contributed by atoms with Crippen LogP contribution in [-0.4, -0.2) is 32.5 Å². The Hall–Kier alpha value is -2.05. The SMILES string of the molecule is Cc1ccc(S(=O)(=O)N2CCC[C@@H]2c2ccc3c(c2)OCCO3)c(C)c1. The van der Waals surface area contributed by atoms with Gasteiger partial charge < -0.3 is 9.47 Å². The van der Waals surface area contributed by atoms with Crippen molar-refractivity contribution in [2.45, 2.75) is 37.6 Å². The predicted octanol–water partition coefficient (Wildman–Crippen LogP) is 3.60. The Bertz CT molecular complexity index is 939. The molecule has 1 fully saturated rings. The molecule has 1 saturated heterocycles. The van der Waals surface area contributed by atoms with Crippen LogP contribution in [-0.2, 0) is 10.0 Å². The van der Waals surface area contributed by atoms with Crippen LogP contribution in [0.3, 0.4) is 0 Å². The second-order valence-electron chi connectivity index (χ2n) is 6.95. The van der Waals surface area contributed by atoms with Crippen molar-refractivity contribution in [2.75, 3.05) is 19.8 Å². The molecule has 0 radical (unpaired) electrons. The van der Waals surface area contributed by atoms with Crippen LogP contribution in [0.4, 0.5) is 0 Å². The normalized spacial score (nSPS) is 20.3. The number of sulfonamides is 1. The van der Waals surface area contributed by atoms with Crippen molar-refractivity contribution in [3.05, 3.63) is 53.1 Å². The molecule has 2 aromatic carbocycles. The Kier molecular flexibility index (Phi) is 4.40. The molecule has 0 aromatic heterocycles. The molecule has 2 heterocycles. The van der Waals surface area contributed by atoms with Crippen molar-refractivity contribution in [3.63, 3.8) is 0 Å². The summed E-state index contributed by atoms with van der Waals surface area (Å²) >= 11 is 0. The molecule has 0 saturated carbocycles. The van der Waals surface area contributed by atoms with Crippen LogP contribution in [0.15, 0.2) is 41.3 Å². The van der Waals surface area contributed by atoms with E-state index < -0.39 is 10.0 Å². The molecule has 1 atom stereocenters. The van der Waals surface area contributed by atoms with Gasteiger partial charge in [-0.25, -0.2) is 8.42 Å². The summed E-state index contributed by atoms with van der Waals surface area (Å²) in [6.07, 6.45) is 1.66. The number of hydrogen-bond donors (Lipinski definition) is 0. The first-order chi connectivity index (χ1) is 12.5. The maximum atomic E-state index is 13.3. The van der Waals surface area contributed by atoms with Crippen LogP contribution in [0.1, 0.15) is 35.6 Å². The summed E-state index contributed by atoms with van der Waals surface area (Å²) < 4.78 is 39.5. The standard InChI is InChI=1S/C20H23NO4S/c1-14-5-8-20(15(2)12-14)26(22,23)21-9-3-4-17(21)16-6-7-18-19(13-16)25-11-10-24-18/h5-8,12-13,17H,3-4,9-11H2,1-2H3/t17-/m1/s1. The Balaban J connectivity index is 1.70. The highest BCUT2D eigenvalue weighted by Gasteiger charge is 2.37. The van der Waals surface area contributed by atoms with Gasteiger partial charge in [-0.3, -0.25) is 0 Å². The smallest absolute Gasteiger partial charge is 0.243 e. The quantitative estimate of drug-likeness (QED) is 0.825. The molecule has 2 aromatic rings. The third kappa shape index (κ3) is 2.97. The zero-order chi connectivity index (χ0) is 18.3. The molecule has 138 valence electrons. The van der Waals surface area contributed by atoms with Crippen LogP contribution in [0.5, 0.6) is 11.5 Å². The van der Waals surface area contributed by atoms with Crippen molar-refractivity contribution in [1.82, 2.24) is 4.31 Å². The average Bonchev–Trinajstić information content (AvgIpc) is 3.11. The van der Waals surface area contributed by atoms with E-state index >= 15 is 0 Å². The highest BCUT2D eigenvalue weighted by molar-refractivity contribution is 7.89. The predicted molar refractivity (Wildman–Crippen MR) is 99.2 cm³/mol. The van der Waals surface area contributed by atoms with Crippen LogP contribution >= 0.6 is 0 Å². The number of hydrogen-bond acceptors (Lipinski definition) is 4.